The maximum Gasteiger partial charge on any atom is 0.241 e. The third kappa shape index (κ3) is 7.27. The normalized spacial score (nSPS) is 18.2. The summed E-state index contributed by atoms with van der Waals surface area (Å²) in [6.45, 7) is 8.59. The van der Waals surface area contributed by atoms with Crippen LogP contribution in [0.3, 0.4) is 0 Å². The molecule has 37 heavy (non-hydrogen) atoms. The fourth-order valence-corrected chi connectivity index (χ4v) is 5.49. The Morgan fingerprint density at radius 3 is 2.41 bits per heavy atom. The van der Waals surface area contributed by atoms with E-state index >= 15 is 0 Å². The molecule has 2 aliphatic rings. The Morgan fingerprint density at radius 1 is 0.973 bits per heavy atom. The first-order chi connectivity index (χ1) is 18.0. The van der Waals surface area contributed by atoms with Crippen LogP contribution in [0.25, 0.3) is 11.4 Å². The number of rotatable bonds is 8. The van der Waals surface area contributed by atoms with Gasteiger partial charge in [0, 0.05) is 29.0 Å². The number of aromatic nitrogens is 2. The number of nitrogens with one attached hydrogen (secondary N) is 1. The summed E-state index contributed by atoms with van der Waals surface area (Å²) >= 11 is 3.45. The van der Waals surface area contributed by atoms with Gasteiger partial charge in [-0.25, -0.2) is 0 Å². The van der Waals surface area contributed by atoms with Crippen LogP contribution in [0.4, 0.5) is 0 Å². The van der Waals surface area contributed by atoms with Crippen LogP contribution in [0, 0.1) is 11.8 Å². The summed E-state index contributed by atoms with van der Waals surface area (Å²) < 4.78 is 6.50. The van der Waals surface area contributed by atoms with Crippen LogP contribution in [-0.4, -0.2) is 52.0 Å². The van der Waals surface area contributed by atoms with Crippen molar-refractivity contribution in [3.05, 3.63) is 70.0 Å². The molecule has 7 nitrogen and oxygen atoms in total. The lowest BCUT2D eigenvalue weighted by molar-refractivity contribution is -0.126. The van der Waals surface area contributed by atoms with E-state index in [1.165, 1.54) is 37.1 Å². The molecule has 0 spiro atoms. The minimum absolute atomic E-state index is 0.0517. The topological polar surface area (TPSA) is 74.5 Å². The molecule has 5 rings (SSSR count). The maximum absolute atomic E-state index is 12.9. The van der Waals surface area contributed by atoms with Gasteiger partial charge in [-0.15, -0.1) is 0 Å². The Balaban J connectivity index is 1.05. The summed E-state index contributed by atoms with van der Waals surface area (Å²) in [4.78, 5) is 22.3. The van der Waals surface area contributed by atoms with Crippen molar-refractivity contribution in [2.45, 2.75) is 52.2 Å². The van der Waals surface area contributed by atoms with E-state index in [1.807, 2.05) is 24.3 Å². The summed E-state index contributed by atoms with van der Waals surface area (Å²) in [6, 6.07) is 16.5. The average molecular weight is 567 g/mol. The van der Waals surface area contributed by atoms with E-state index < -0.39 is 0 Å². The number of piperidine rings is 2. The van der Waals surface area contributed by atoms with Crippen molar-refractivity contribution >= 4 is 21.8 Å². The highest BCUT2D eigenvalue weighted by Crippen LogP contribution is 2.22. The fourth-order valence-electron chi connectivity index (χ4n) is 5.23. The third-order valence-electron chi connectivity index (χ3n) is 7.63. The van der Waals surface area contributed by atoms with Gasteiger partial charge in [0.1, 0.15) is 0 Å². The molecule has 2 aliphatic heterocycles. The molecule has 2 aromatic carbocycles. The number of nitrogens with zero attached hydrogens (tertiary/aromatic N) is 4. The van der Waals surface area contributed by atoms with E-state index in [2.05, 4.69) is 72.4 Å². The molecule has 2 saturated heterocycles. The van der Waals surface area contributed by atoms with Crippen molar-refractivity contribution in [1.29, 1.82) is 0 Å². The number of hydrogen-bond donors (Lipinski definition) is 1. The van der Waals surface area contributed by atoms with Gasteiger partial charge in [0.05, 0.1) is 6.54 Å². The number of carbonyl (C=O) groups is 1. The van der Waals surface area contributed by atoms with Crippen molar-refractivity contribution < 1.29 is 9.32 Å². The van der Waals surface area contributed by atoms with Gasteiger partial charge < -0.3 is 9.84 Å². The molecule has 1 amide bonds. The second-order valence-corrected chi connectivity index (χ2v) is 11.5. The Kier molecular flexibility index (Phi) is 8.69. The summed E-state index contributed by atoms with van der Waals surface area (Å²) in [5.41, 5.74) is 3.44. The van der Waals surface area contributed by atoms with Crippen LogP contribution in [-0.2, 0) is 24.4 Å². The highest BCUT2D eigenvalue weighted by Gasteiger charge is 2.26. The minimum atomic E-state index is 0.0517. The lowest BCUT2D eigenvalue weighted by atomic mass is 9.95. The monoisotopic (exact) mass is 565 g/mol. The second-order valence-electron chi connectivity index (χ2n) is 10.6. The van der Waals surface area contributed by atoms with Gasteiger partial charge in [-0.1, -0.05) is 52.3 Å². The molecule has 0 atom stereocenters. The molecule has 196 valence electrons. The smallest absolute Gasteiger partial charge is 0.241 e. The first-order valence-electron chi connectivity index (χ1n) is 13.4. The zero-order chi connectivity index (χ0) is 25.6. The molecule has 3 aromatic rings. The van der Waals surface area contributed by atoms with Gasteiger partial charge in [-0.05, 0) is 93.2 Å². The van der Waals surface area contributed by atoms with Crippen molar-refractivity contribution in [2.24, 2.45) is 11.8 Å². The van der Waals surface area contributed by atoms with Gasteiger partial charge >= 0.3 is 0 Å². The van der Waals surface area contributed by atoms with Crippen LogP contribution in [0.2, 0.25) is 0 Å². The summed E-state index contributed by atoms with van der Waals surface area (Å²) in [7, 11) is 0. The molecular weight excluding hydrogens is 530 g/mol. The number of amides is 1. The highest BCUT2D eigenvalue weighted by atomic mass is 79.9. The summed E-state index contributed by atoms with van der Waals surface area (Å²) in [6.07, 6.45) is 4.26. The zero-order valence-corrected chi connectivity index (χ0v) is 23.1. The van der Waals surface area contributed by atoms with Crippen LogP contribution in [0.1, 0.15) is 49.6 Å². The largest absolute Gasteiger partial charge is 0.352 e. The Bertz CT molecular complexity index is 1170. The molecule has 3 heterocycles. The van der Waals surface area contributed by atoms with E-state index in [1.54, 1.807) is 0 Å². The molecule has 1 N–H and O–H groups in total. The van der Waals surface area contributed by atoms with E-state index in [9.17, 15) is 4.79 Å². The second kappa shape index (κ2) is 12.3. The lowest BCUT2D eigenvalue weighted by Gasteiger charge is -2.30. The number of hydrogen-bond acceptors (Lipinski definition) is 6. The van der Waals surface area contributed by atoms with Crippen molar-refractivity contribution in [1.82, 2.24) is 25.3 Å². The Hall–Kier alpha value is -2.55. The van der Waals surface area contributed by atoms with Crippen LogP contribution < -0.4 is 5.32 Å². The predicted molar refractivity (Wildman–Crippen MR) is 147 cm³/mol. The number of likely N-dealkylation sites (tertiary alicyclic amines) is 2. The van der Waals surface area contributed by atoms with Crippen LogP contribution >= 0.6 is 15.9 Å². The SMILES string of the molecule is CC1CCN(Cc2cccc(CNC(=O)C3CCN(Cc4nc(-c5ccc(Br)cc5)no4)CC3)c2)CC1. The van der Waals surface area contributed by atoms with E-state index in [4.69, 9.17) is 4.52 Å². The molecule has 0 bridgehead atoms. The molecule has 0 radical (unpaired) electrons. The van der Waals surface area contributed by atoms with Crippen LogP contribution in [0.15, 0.2) is 57.5 Å². The first-order valence-corrected chi connectivity index (χ1v) is 14.2. The molecule has 0 unspecified atom stereocenters. The molecule has 8 heteroatoms. The van der Waals surface area contributed by atoms with Gasteiger partial charge in [-0.2, -0.15) is 4.98 Å². The van der Waals surface area contributed by atoms with E-state index in [0.717, 1.165) is 48.4 Å². The number of halogens is 1. The van der Waals surface area contributed by atoms with Gasteiger partial charge in [0.2, 0.25) is 17.6 Å². The van der Waals surface area contributed by atoms with Gasteiger partial charge in [0.15, 0.2) is 0 Å². The zero-order valence-electron chi connectivity index (χ0n) is 21.5. The molecular formula is C29H36BrN5O2. The third-order valence-corrected chi connectivity index (χ3v) is 8.16. The maximum atomic E-state index is 12.9. The van der Waals surface area contributed by atoms with Crippen molar-refractivity contribution in [2.75, 3.05) is 26.2 Å². The molecule has 0 aliphatic carbocycles. The van der Waals surface area contributed by atoms with Gasteiger partial charge in [0.25, 0.3) is 0 Å². The Labute approximate surface area is 227 Å². The van der Waals surface area contributed by atoms with Crippen LogP contribution in [0.5, 0.6) is 0 Å². The predicted octanol–water partition coefficient (Wildman–Crippen LogP) is 5.26. The van der Waals surface area contributed by atoms with E-state index in [0.29, 0.717) is 24.8 Å². The quantitative estimate of drug-likeness (QED) is 0.401. The summed E-state index contributed by atoms with van der Waals surface area (Å²) in [5, 5.41) is 7.30. The van der Waals surface area contributed by atoms with E-state index in [-0.39, 0.29) is 11.8 Å². The summed E-state index contributed by atoms with van der Waals surface area (Å²) in [5.74, 6) is 2.27. The standard InChI is InChI=1S/C29H36BrN5O2/c1-21-9-13-34(14-10-21)19-23-4-2-3-22(17-23)18-31-29(36)25-11-15-35(16-12-25)20-27-32-28(33-37-27)24-5-7-26(30)8-6-24/h2-8,17,21,25H,9-16,18-20H2,1H3,(H,31,36). The Morgan fingerprint density at radius 2 is 1.65 bits per heavy atom. The van der Waals surface area contributed by atoms with Crippen molar-refractivity contribution in [3.8, 4) is 11.4 Å². The molecule has 0 saturated carbocycles. The van der Waals surface area contributed by atoms with Crippen molar-refractivity contribution in [3.63, 3.8) is 0 Å². The first kappa shape index (κ1) is 26.1. The number of carbonyl (C=O) groups excluding carboxylic acids is 1. The lowest BCUT2D eigenvalue weighted by Crippen LogP contribution is -2.40. The molecule has 1 aromatic heterocycles. The number of benzene rings is 2. The fraction of sp³-hybridized carbons (Fsp3) is 0.483. The average Bonchev–Trinajstić information content (AvgIpc) is 3.38. The minimum Gasteiger partial charge on any atom is -0.352 e. The highest BCUT2D eigenvalue weighted by molar-refractivity contribution is 9.10. The molecule has 2 fully saturated rings. The van der Waals surface area contributed by atoms with Gasteiger partial charge in [-0.3, -0.25) is 14.6 Å².